The zero-order valence-corrected chi connectivity index (χ0v) is 12.7. The summed E-state index contributed by atoms with van der Waals surface area (Å²) in [7, 11) is 4.41. The number of methoxy groups -OCH3 is 2. The topological polar surface area (TPSA) is 56.8 Å². The smallest absolute Gasteiger partial charge is 0.336 e. The summed E-state index contributed by atoms with van der Waals surface area (Å²) in [4.78, 5) is 16.5. The van der Waals surface area contributed by atoms with Gasteiger partial charge in [-0.2, -0.15) is 5.48 Å². The molecule has 0 spiro atoms. The number of carbonyl (C=O) groups is 1. The number of carbonyl (C=O) groups excluding carboxylic acids is 1. The summed E-state index contributed by atoms with van der Waals surface area (Å²) >= 11 is 0. The molecule has 0 rings (SSSR count). The van der Waals surface area contributed by atoms with E-state index in [-0.39, 0.29) is 12.0 Å². The lowest BCUT2D eigenvalue weighted by Gasteiger charge is -2.24. The van der Waals surface area contributed by atoms with Crippen LogP contribution in [-0.2, 0) is 19.1 Å². The lowest BCUT2D eigenvalue weighted by atomic mass is 10.0. The minimum absolute atomic E-state index is 0.173. The van der Waals surface area contributed by atoms with Gasteiger partial charge in [-0.05, 0) is 6.42 Å². The fourth-order valence-electron chi connectivity index (χ4n) is 2.11. The van der Waals surface area contributed by atoms with E-state index in [0.29, 0.717) is 0 Å². The third kappa shape index (κ3) is 8.18. The largest absolute Gasteiger partial charge is 0.467 e. The summed E-state index contributed by atoms with van der Waals surface area (Å²) in [5.74, 6) is -0.372. The number of nitrogens with one attached hydrogen (secondary N) is 1. The van der Waals surface area contributed by atoms with Crippen molar-refractivity contribution in [2.24, 2.45) is 0 Å². The van der Waals surface area contributed by atoms with Gasteiger partial charge < -0.3 is 14.3 Å². The highest BCUT2D eigenvalue weighted by molar-refractivity contribution is 5.75. The molecule has 0 aromatic carbocycles. The standard InChI is InChI=1S/C14H29NO4/c1-5-6-7-8-9-10-11-12(15-19-4)13(17-2)14(16)18-3/h12-13,15H,5-11H2,1-4H3/t12-,13-/m1/s1. The van der Waals surface area contributed by atoms with E-state index in [9.17, 15) is 4.79 Å². The number of hydrogen-bond donors (Lipinski definition) is 1. The highest BCUT2D eigenvalue weighted by atomic mass is 16.6. The van der Waals surface area contributed by atoms with E-state index in [1.54, 1.807) is 0 Å². The summed E-state index contributed by atoms with van der Waals surface area (Å²) in [6.45, 7) is 2.21. The Balaban J connectivity index is 4.05. The van der Waals surface area contributed by atoms with Gasteiger partial charge in [-0.3, -0.25) is 0 Å². The van der Waals surface area contributed by atoms with Crippen molar-refractivity contribution in [3.63, 3.8) is 0 Å². The summed E-state index contributed by atoms with van der Waals surface area (Å²) in [6, 6.07) is -0.173. The summed E-state index contributed by atoms with van der Waals surface area (Å²) in [6.07, 6.45) is 7.48. The average molecular weight is 275 g/mol. The molecule has 0 bridgehead atoms. The molecular weight excluding hydrogens is 246 g/mol. The molecule has 0 amide bonds. The van der Waals surface area contributed by atoms with Crippen molar-refractivity contribution in [3.05, 3.63) is 0 Å². The van der Waals surface area contributed by atoms with Gasteiger partial charge in [0.25, 0.3) is 0 Å². The fourth-order valence-corrected chi connectivity index (χ4v) is 2.11. The highest BCUT2D eigenvalue weighted by Crippen LogP contribution is 2.12. The third-order valence-corrected chi connectivity index (χ3v) is 3.19. The van der Waals surface area contributed by atoms with Gasteiger partial charge in [0.05, 0.1) is 20.3 Å². The molecule has 19 heavy (non-hydrogen) atoms. The van der Waals surface area contributed by atoms with E-state index in [1.807, 2.05) is 0 Å². The Morgan fingerprint density at radius 3 is 2.21 bits per heavy atom. The molecule has 0 aliphatic heterocycles. The molecule has 2 atom stereocenters. The summed E-state index contributed by atoms with van der Waals surface area (Å²) in [5, 5.41) is 0. The van der Waals surface area contributed by atoms with Gasteiger partial charge in [0.2, 0.25) is 0 Å². The van der Waals surface area contributed by atoms with E-state index in [0.717, 1.165) is 12.8 Å². The first-order chi connectivity index (χ1) is 9.21. The molecule has 1 N–H and O–H groups in total. The monoisotopic (exact) mass is 275 g/mol. The number of unbranched alkanes of at least 4 members (excludes halogenated alkanes) is 5. The van der Waals surface area contributed by atoms with Crippen molar-refractivity contribution in [2.75, 3.05) is 21.3 Å². The molecule has 0 heterocycles. The maximum absolute atomic E-state index is 11.6. The Bertz CT molecular complexity index is 223. The van der Waals surface area contributed by atoms with Crippen LogP contribution in [0.25, 0.3) is 0 Å². The molecule has 0 saturated heterocycles. The van der Waals surface area contributed by atoms with E-state index in [4.69, 9.17) is 14.3 Å². The Morgan fingerprint density at radius 2 is 1.68 bits per heavy atom. The Kier molecular flexibility index (Phi) is 12.0. The van der Waals surface area contributed by atoms with Gasteiger partial charge >= 0.3 is 5.97 Å². The van der Waals surface area contributed by atoms with Crippen molar-refractivity contribution in [1.82, 2.24) is 5.48 Å². The molecule has 5 nitrogen and oxygen atoms in total. The molecule has 0 radical (unpaired) electrons. The van der Waals surface area contributed by atoms with Crippen molar-refractivity contribution < 1.29 is 19.1 Å². The maximum atomic E-state index is 11.6. The van der Waals surface area contributed by atoms with Crippen LogP contribution in [0.1, 0.15) is 51.9 Å². The second-order valence-electron chi connectivity index (χ2n) is 4.66. The fraction of sp³-hybridized carbons (Fsp3) is 0.929. The first-order valence-corrected chi connectivity index (χ1v) is 7.10. The van der Waals surface area contributed by atoms with E-state index in [2.05, 4.69) is 12.4 Å². The second-order valence-corrected chi connectivity index (χ2v) is 4.66. The number of ether oxygens (including phenoxy) is 2. The molecule has 0 aliphatic carbocycles. The number of hydroxylamine groups is 1. The van der Waals surface area contributed by atoms with Crippen LogP contribution in [-0.4, -0.2) is 39.4 Å². The van der Waals surface area contributed by atoms with Gasteiger partial charge in [0.15, 0.2) is 6.10 Å². The van der Waals surface area contributed by atoms with E-state index >= 15 is 0 Å². The quantitative estimate of drug-likeness (QED) is 0.337. The zero-order valence-electron chi connectivity index (χ0n) is 12.7. The Labute approximate surface area is 116 Å². The SMILES string of the molecule is CCCCCCCC[C@@H](NOC)[C@@H](OC)C(=O)OC. The van der Waals surface area contributed by atoms with Crippen LogP contribution in [0, 0.1) is 0 Å². The minimum Gasteiger partial charge on any atom is -0.467 e. The van der Waals surface area contributed by atoms with Crippen LogP contribution in [0.4, 0.5) is 0 Å². The van der Waals surface area contributed by atoms with Crippen LogP contribution < -0.4 is 5.48 Å². The number of hydrogen-bond acceptors (Lipinski definition) is 5. The molecule has 0 aliphatic rings. The van der Waals surface area contributed by atoms with Crippen molar-refractivity contribution >= 4 is 5.97 Å². The maximum Gasteiger partial charge on any atom is 0.336 e. The molecule has 0 aromatic heterocycles. The van der Waals surface area contributed by atoms with Crippen LogP contribution in [0.3, 0.4) is 0 Å². The van der Waals surface area contributed by atoms with Crippen LogP contribution in [0.5, 0.6) is 0 Å². The van der Waals surface area contributed by atoms with Crippen molar-refractivity contribution in [2.45, 2.75) is 64.0 Å². The molecule has 0 saturated carbocycles. The molecule has 114 valence electrons. The molecule has 5 heteroatoms. The van der Waals surface area contributed by atoms with Crippen LogP contribution in [0.2, 0.25) is 0 Å². The predicted octanol–water partition coefficient (Wildman–Crippen LogP) is 2.44. The van der Waals surface area contributed by atoms with Crippen LogP contribution in [0.15, 0.2) is 0 Å². The van der Waals surface area contributed by atoms with E-state index in [1.165, 1.54) is 53.4 Å². The molecule has 0 unspecified atom stereocenters. The van der Waals surface area contributed by atoms with Crippen molar-refractivity contribution in [1.29, 1.82) is 0 Å². The summed E-state index contributed by atoms with van der Waals surface area (Å²) < 4.78 is 9.93. The Hall–Kier alpha value is -0.650. The first kappa shape index (κ1) is 18.4. The van der Waals surface area contributed by atoms with Gasteiger partial charge in [-0.15, -0.1) is 0 Å². The molecule has 0 fully saturated rings. The first-order valence-electron chi connectivity index (χ1n) is 7.10. The van der Waals surface area contributed by atoms with Gasteiger partial charge in [-0.1, -0.05) is 45.4 Å². The lowest BCUT2D eigenvalue weighted by Crippen LogP contribution is -2.45. The Morgan fingerprint density at radius 1 is 1.05 bits per heavy atom. The average Bonchev–Trinajstić information content (AvgIpc) is 2.43. The van der Waals surface area contributed by atoms with Gasteiger partial charge in [0.1, 0.15) is 0 Å². The highest BCUT2D eigenvalue weighted by Gasteiger charge is 2.28. The molecule has 0 aromatic rings. The van der Waals surface area contributed by atoms with Gasteiger partial charge in [-0.25, -0.2) is 4.79 Å². The zero-order chi connectivity index (χ0) is 14.5. The normalized spacial score (nSPS) is 14.1. The second kappa shape index (κ2) is 12.4. The van der Waals surface area contributed by atoms with Crippen LogP contribution >= 0.6 is 0 Å². The van der Waals surface area contributed by atoms with E-state index < -0.39 is 6.10 Å². The number of esters is 1. The minimum atomic E-state index is -0.624. The number of rotatable bonds is 12. The lowest BCUT2D eigenvalue weighted by molar-refractivity contribution is -0.157. The van der Waals surface area contributed by atoms with Crippen molar-refractivity contribution in [3.8, 4) is 0 Å². The third-order valence-electron chi connectivity index (χ3n) is 3.19. The predicted molar refractivity (Wildman–Crippen MR) is 74.7 cm³/mol. The summed E-state index contributed by atoms with van der Waals surface area (Å²) in [5.41, 5.74) is 2.83. The molecular formula is C14H29NO4. The van der Waals surface area contributed by atoms with Gasteiger partial charge in [0, 0.05) is 7.11 Å².